The van der Waals surface area contributed by atoms with Crippen molar-refractivity contribution in [1.82, 2.24) is 15.1 Å². The quantitative estimate of drug-likeness (QED) is 0.658. The van der Waals surface area contributed by atoms with Crippen molar-refractivity contribution >= 4 is 12.0 Å². The third kappa shape index (κ3) is 4.30. The Bertz CT molecular complexity index is 738. The number of hydrogen-bond donors (Lipinski definition) is 1. The predicted octanol–water partition coefficient (Wildman–Crippen LogP) is 2.48. The maximum atomic E-state index is 12.1. The van der Waals surface area contributed by atoms with Gasteiger partial charge >= 0.3 is 0 Å². The first-order valence-electron chi connectivity index (χ1n) is 7.62. The first kappa shape index (κ1) is 16.5. The Hall–Kier alpha value is -2.87. The molecule has 0 saturated carbocycles. The highest BCUT2D eigenvalue weighted by molar-refractivity contribution is 6.01. The van der Waals surface area contributed by atoms with E-state index < -0.39 is 0 Å². The third-order valence-electron chi connectivity index (χ3n) is 3.65. The molecule has 0 unspecified atom stereocenters. The highest BCUT2D eigenvalue weighted by atomic mass is 16.1. The van der Waals surface area contributed by atoms with Gasteiger partial charge in [0.25, 0.3) is 5.91 Å². The van der Waals surface area contributed by atoms with Crippen molar-refractivity contribution in [3.05, 3.63) is 58.9 Å². The van der Waals surface area contributed by atoms with Gasteiger partial charge < -0.3 is 5.32 Å². The number of aryl methyl sites for hydroxylation is 1. The lowest BCUT2D eigenvalue weighted by atomic mass is 10.1. The average molecular weight is 308 g/mol. The zero-order valence-corrected chi connectivity index (χ0v) is 13.4. The summed E-state index contributed by atoms with van der Waals surface area (Å²) < 4.78 is 1.83. The highest BCUT2D eigenvalue weighted by Gasteiger charge is 2.11. The molecule has 0 atom stereocenters. The van der Waals surface area contributed by atoms with Gasteiger partial charge in [-0.15, -0.1) is 0 Å². The van der Waals surface area contributed by atoms with Crippen molar-refractivity contribution in [2.24, 2.45) is 0 Å². The number of amides is 1. The van der Waals surface area contributed by atoms with E-state index in [0.29, 0.717) is 6.54 Å². The normalized spacial score (nSPS) is 11.1. The topological polar surface area (TPSA) is 70.7 Å². The maximum Gasteiger partial charge on any atom is 0.261 e. The molecule has 0 aliphatic rings. The Labute approximate surface area is 136 Å². The van der Waals surface area contributed by atoms with Gasteiger partial charge in [0.2, 0.25) is 0 Å². The van der Waals surface area contributed by atoms with Gasteiger partial charge in [0.1, 0.15) is 11.6 Å². The van der Waals surface area contributed by atoms with Crippen LogP contribution in [0.2, 0.25) is 0 Å². The van der Waals surface area contributed by atoms with E-state index in [-0.39, 0.29) is 11.5 Å². The molecule has 2 rings (SSSR count). The Morgan fingerprint density at radius 3 is 2.74 bits per heavy atom. The number of nitriles is 1. The van der Waals surface area contributed by atoms with Gasteiger partial charge in [-0.05, 0) is 31.9 Å². The van der Waals surface area contributed by atoms with Crippen LogP contribution < -0.4 is 5.32 Å². The molecule has 1 aromatic carbocycles. The first-order chi connectivity index (χ1) is 11.2. The summed E-state index contributed by atoms with van der Waals surface area (Å²) in [5.41, 5.74) is 2.98. The van der Waals surface area contributed by atoms with E-state index in [1.165, 1.54) is 0 Å². The van der Waals surface area contributed by atoms with Gasteiger partial charge in [-0.3, -0.25) is 9.48 Å². The lowest BCUT2D eigenvalue weighted by Gasteiger charge is -2.04. The molecule has 2 aromatic rings. The molecular weight excluding hydrogens is 288 g/mol. The molecular formula is C18H20N4O. The summed E-state index contributed by atoms with van der Waals surface area (Å²) in [5.74, 6) is -0.355. The summed E-state index contributed by atoms with van der Waals surface area (Å²) in [6.45, 7) is 5.17. The second kappa shape index (κ2) is 7.95. The summed E-state index contributed by atoms with van der Waals surface area (Å²) in [7, 11) is 0. The molecule has 5 heteroatoms. The number of benzene rings is 1. The standard InChI is InChI=1S/C18H20N4O/c1-3-22-14(2)17(13-21-22)11-16(12-19)18(23)20-10-9-15-7-5-4-6-8-15/h4-8,11,13H,3,9-10H2,1-2H3,(H,20,23)/b16-11+. The molecule has 1 amide bonds. The number of carbonyl (C=O) groups is 1. The lowest BCUT2D eigenvalue weighted by Crippen LogP contribution is -2.26. The Morgan fingerprint density at radius 2 is 2.13 bits per heavy atom. The van der Waals surface area contributed by atoms with Crippen LogP contribution in [0.25, 0.3) is 6.08 Å². The number of aromatic nitrogens is 2. The van der Waals surface area contributed by atoms with Crippen molar-refractivity contribution in [2.75, 3.05) is 6.54 Å². The highest BCUT2D eigenvalue weighted by Crippen LogP contribution is 2.12. The van der Waals surface area contributed by atoms with Gasteiger partial charge in [-0.25, -0.2) is 0 Å². The van der Waals surface area contributed by atoms with E-state index >= 15 is 0 Å². The summed E-state index contributed by atoms with van der Waals surface area (Å²) in [6, 6.07) is 11.9. The molecule has 5 nitrogen and oxygen atoms in total. The Morgan fingerprint density at radius 1 is 1.39 bits per heavy atom. The molecule has 0 radical (unpaired) electrons. The fraction of sp³-hybridized carbons (Fsp3) is 0.278. The van der Waals surface area contributed by atoms with E-state index in [0.717, 1.165) is 29.8 Å². The zero-order chi connectivity index (χ0) is 16.7. The van der Waals surface area contributed by atoms with Crippen LogP contribution in [0.15, 0.2) is 42.1 Å². The van der Waals surface area contributed by atoms with E-state index in [2.05, 4.69) is 10.4 Å². The van der Waals surface area contributed by atoms with Crippen LogP contribution in [0.1, 0.15) is 23.7 Å². The van der Waals surface area contributed by atoms with Crippen molar-refractivity contribution in [2.45, 2.75) is 26.8 Å². The fourth-order valence-electron chi connectivity index (χ4n) is 2.29. The van der Waals surface area contributed by atoms with Crippen molar-refractivity contribution in [1.29, 1.82) is 5.26 Å². The van der Waals surface area contributed by atoms with Crippen molar-refractivity contribution in [3.63, 3.8) is 0 Å². The molecule has 0 saturated heterocycles. The monoisotopic (exact) mass is 308 g/mol. The van der Waals surface area contributed by atoms with Gasteiger partial charge in [0.05, 0.1) is 6.20 Å². The molecule has 0 aliphatic heterocycles. The van der Waals surface area contributed by atoms with Gasteiger partial charge in [0.15, 0.2) is 0 Å². The molecule has 1 aromatic heterocycles. The second-order valence-corrected chi connectivity index (χ2v) is 5.16. The first-order valence-corrected chi connectivity index (χ1v) is 7.62. The van der Waals surface area contributed by atoms with E-state index in [1.54, 1.807) is 12.3 Å². The van der Waals surface area contributed by atoms with Crippen LogP contribution in [0.4, 0.5) is 0 Å². The van der Waals surface area contributed by atoms with Gasteiger partial charge in [-0.1, -0.05) is 30.3 Å². The van der Waals surface area contributed by atoms with Crippen LogP contribution >= 0.6 is 0 Å². The van der Waals surface area contributed by atoms with Crippen molar-refractivity contribution < 1.29 is 4.79 Å². The lowest BCUT2D eigenvalue weighted by molar-refractivity contribution is -0.117. The van der Waals surface area contributed by atoms with Crippen LogP contribution in [-0.2, 0) is 17.8 Å². The molecule has 0 spiro atoms. The SMILES string of the molecule is CCn1ncc(/C=C(\C#N)C(=O)NCCc2ccccc2)c1C. The minimum atomic E-state index is -0.355. The van der Waals surface area contributed by atoms with E-state index in [9.17, 15) is 10.1 Å². The third-order valence-corrected chi connectivity index (χ3v) is 3.65. The fourth-order valence-corrected chi connectivity index (χ4v) is 2.29. The largest absolute Gasteiger partial charge is 0.351 e. The second-order valence-electron chi connectivity index (χ2n) is 5.16. The number of nitrogens with zero attached hydrogens (tertiary/aromatic N) is 3. The number of carbonyl (C=O) groups excluding carboxylic acids is 1. The molecule has 0 bridgehead atoms. The summed E-state index contributed by atoms with van der Waals surface area (Å²) in [6.07, 6.45) is 4.00. The maximum absolute atomic E-state index is 12.1. The number of nitrogens with one attached hydrogen (secondary N) is 1. The molecule has 23 heavy (non-hydrogen) atoms. The molecule has 0 fully saturated rings. The molecule has 118 valence electrons. The van der Waals surface area contributed by atoms with Gasteiger partial charge in [-0.2, -0.15) is 10.4 Å². The van der Waals surface area contributed by atoms with E-state index in [4.69, 9.17) is 0 Å². The molecule has 1 N–H and O–H groups in total. The minimum Gasteiger partial charge on any atom is -0.351 e. The van der Waals surface area contributed by atoms with Crippen LogP contribution in [-0.4, -0.2) is 22.2 Å². The molecule has 1 heterocycles. The van der Waals surface area contributed by atoms with Crippen LogP contribution in [0.3, 0.4) is 0 Å². The summed E-state index contributed by atoms with van der Waals surface area (Å²) >= 11 is 0. The number of rotatable bonds is 6. The Kier molecular flexibility index (Phi) is 5.70. The van der Waals surface area contributed by atoms with Crippen molar-refractivity contribution in [3.8, 4) is 6.07 Å². The average Bonchev–Trinajstić information content (AvgIpc) is 2.93. The number of hydrogen-bond acceptors (Lipinski definition) is 3. The van der Waals surface area contributed by atoms with E-state index in [1.807, 2.05) is 54.9 Å². The zero-order valence-electron chi connectivity index (χ0n) is 13.4. The molecule has 0 aliphatic carbocycles. The van der Waals surface area contributed by atoms with Crippen LogP contribution in [0, 0.1) is 18.3 Å². The smallest absolute Gasteiger partial charge is 0.261 e. The van der Waals surface area contributed by atoms with Gasteiger partial charge in [0, 0.05) is 24.3 Å². The Balaban J connectivity index is 1.99. The summed E-state index contributed by atoms with van der Waals surface area (Å²) in [5, 5.41) is 16.2. The minimum absolute atomic E-state index is 0.0943. The predicted molar refractivity (Wildman–Crippen MR) is 89.4 cm³/mol. The summed E-state index contributed by atoms with van der Waals surface area (Å²) in [4.78, 5) is 12.1. The van der Waals surface area contributed by atoms with Crippen LogP contribution in [0.5, 0.6) is 0 Å².